The molecule has 0 spiro atoms. The predicted octanol–water partition coefficient (Wildman–Crippen LogP) is 2.66. The Bertz CT molecular complexity index is 410. The molecule has 0 aromatic heterocycles. The summed E-state index contributed by atoms with van der Waals surface area (Å²) in [5.74, 6) is -0.119. The largest absolute Gasteiger partial charge is 0.494 e. The number of hydrogen-bond acceptors (Lipinski definition) is 2. The SMILES string of the molecule is CCOc1cc(C(=O)O)cc2c1CCCC2. The summed E-state index contributed by atoms with van der Waals surface area (Å²) in [5, 5.41) is 9.02. The summed E-state index contributed by atoms with van der Waals surface area (Å²) in [7, 11) is 0. The topological polar surface area (TPSA) is 46.5 Å². The monoisotopic (exact) mass is 220 g/mol. The van der Waals surface area contributed by atoms with Gasteiger partial charge in [-0.25, -0.2) is 4.79 Å². The Morgan fingerprint density at radius 1 is 1.38 bits per heavy atom. The molecule has 0 heterocycles. The number of aromatic carboxylic acids is 1. The highest BCUT2D eigenvalue weighted by atomic mass is 16.5. The third-order valence-electron chi connectivity index (χ3n) is 2.97. The molecule has 1 aliphatic rings. The number of aryl methyl sites for hydroxylation is 1. The van der Waals surface area contributed by atoms with Gasteiger partial charge < -0.3 is 9.84 Å². The maximum atomic E-state index is 11.0. The third kappa shape index (κ3) is 2.03. The standard InChI is InChI=1S/C13H16O3/c1-2-16-12-8-10(13(14)15)7-9-5-3-4-6-11(9)12/h7-8H,2-6H2,1H3,(H,14,15). The summed E-state index contributed by atoms with van der Waals surface area (Å²) in [6, 6.07) is 3.44. The lowest BCUT2D eigenvalue weighted by molar-refractivity contribution is 0.0696. The summed E-state index contributed by atoms with van der Waals surface area (Å²) in [6.45, 7) is 2.50. The lowest BCUT2D eigenvalue weighted by atomic mass is 9.89. The molecule has 0 fully saturated rings. The van der Waals surface area contributed by atoms with E-state index in [2.05, 4.69) is 0 Å². The van der Waals surface area contributed by atoms with Crippen LogP contribution in [0.5, 0.6) is 5.75 Å². The predicted molar refractivity (Wildman–Crippen MR) is 61.2 cm³/mol. The fourth-order valence-corrected chi connectivity index (χ4v) is 2.23. The molecule has 0 bridgehead atoms. The van der Waals surface area contributed by atoms with E-state index in [9.17, 15) is 4.79 Å². The molecule has 0 saturated carbocycles. The first kappa shape index (κ1) is 11.0. The minimum atomic E-state index is -0.880. The molecule has 3 heteroatoms. The van der Waals surface area contributed by atoms with E-state index in [0.717, 1.165) is 30.6 Å². The van der Waals surface area contributed by atoms with Gasteiger partial charge in [0, 0.05) is 0 Å². The first-order valence-electron chi connectivity index (χ1n) is 5.74. The maximum absolute atomic E-state index is 11.0. The summed E-state index contributed by atoms with van der Waals surface area (Å²) >= 11 is 0. The molecular weight excluding hydrogens is 204 g/mol. The van der Waals surface area contributed by atoms with Crippen molar-refractivity contribution >= 4 is 5.97 Å². The van der Waals surface area contributed by atoms with Crippen molar-refractivity contribution in [3.63, 3.8) is 0 Å². The van der Waals surface area contributed by atoms with Crippen LogP contribution in [0.25, 0.3) is 0 Å². The van der Waals surface area contributed by atoms with E-state index in [-0.39, 0.29) is 0 Å². The van der Waals surface area contributed by atoms with E-state index in [0.29, 0.717) is 12.2 Å². The second-order valence-corrected chi connectivity index (χ2v) is 4.06. The van der Waals surface area contributed by atoms with Crippen LogP contribution < -0.4 is 4.74 Å². The van der Waals surface area contributed by atoms with Crippen LogP contribution in [0.15, 0.2) is 12.1 Å². The molecule has 0 saturated heterocycles. The Balaban J connectivity index is 2.47. The van der Waals surface area contributed by atoms with Gasteiger partial charge in [-0.3, -0.25) is 0 Å². The lowest BCUT2D eigenvalue weighted by Gasteiger charge is -2.20. The number of rotatable bonds is 3. The molecule has 1 N–H and O–H groups in total. The van der Waals surface area contributed by atoms with Gasteiger partial charge in [0.15, 0.2) is 0 Å². The highest BCUT2D eigenvalue weighted by Gasteiger charge is 2.17. The van der Waals surface area contributed by atoms with Gasteiger partial charge in [0.05, 0.1) is 12.2 Å². The van der Waals surface area contributed by atoms with E-state index in [1.165, 1.54) is 12.0 Å². The van der Waals surface area contributed by atoms with E-state index in [1.807, 2.05) is 6.92 Å². The van der Waals surface area contributed by atoms with Crippen molar-refractivity contribution in [2.24, 2.45) is 0 Å². The molecule has 1 aliphatic carbocycles. The van der Waals surface area contributed by atoms with Crippen molar-refractivity contribution < 1.29 is 14.6 Å². The third-order valence-corrected chi connectivity index (χ3v) is 2.97. The van der Waals surface area contributed by atoms with Crippen LogP contribution in [-0.4, -0.2) is 17.7 Å². The second-order valence-electron chi connectivity index (χ2n) is 4.06. The normalized spacial score (nSPS) is 14.3. The van der Waals surface area contributed by atoms with Gasteiger partial charge in [-0.15, -0.1) is 0 Å². The molecule has 0 atom stereocenters. The van der Waals surface area contributed by atoms with Gasteiger partial charge in [0.1, 0.15) is 5.75 Å². The fraction of sp³-hybridized carbons (Fsp3) is 0.462. The van der Waals surface area contributed by atoms with Gasteiger partial charge in [-0.05, 0) is 55.9 Å². The minimum absolute atomic E-state index is 0.337. The molecule has 0 aliphatic heterocycles. The lowest BCUT2D eigenvalue weighted by Crippen LogP contribution is -2.09. The number of ether oxygens (including phenoxy) is 1. The number of carbonyl (C=O) groups is 1. The van der Waals surface area contributed by atoms with Crippen LogP contribution in [0.4, 0.5) is 0 Å². The van der Waals surface area contributed by atoms with E-state index >= 15 is 0 Å². The van der Waals surface area contributed by atoms with Crippen LogP contribution in [0.3, 0.4) is 0 Å². The van der Waals surface area contributed by atoms with Gasteiger partial charge >= 0.3 is 5.97 Å². The van der Waals surface area contributed by atoms with Crippen molar-refractivity contribution in [2.75, 3.05) is 6.61 Å². The number of fused-ring (bicyclic) bond motifs is 1. The zero-order valence-corrected chi connectivity index (χ0v) is 9.45. The first-order chi connectivity index (χ1) is 7.72. The minimum Gasteiger partial charge on any atom is -0.494 e. The molecule has 1 aromatic carbocycles. The summed E-state index contributed by atoms with van der Waals surface area (Å²) < 4.78 is 5.53. The molecule has 0 radical (unpaired) electrons. The summed E-state index contributed by atoms with van der Waals surface area (Å²) in [4.78, 5) is 11.0. The Morgan fingerprint density at radius 2 is 2.12 bits per heavy atom. The van der Waals surface area contributed by atoms with Crippen molar-refractivity contribution in [3.8, 4) is 5.75 Å². The highest BCUT2D eigenvalue weighted by molar-refractivity contribution is 5.88. The molecule has 86 valence electrons. The quantitative estimate of drug-likeness (QED) is 0.851. The molecule has 0 unspecified atom stereocenters. The van der Waals surface area contributed by atoms with Crippen LogP contribution in [0.2, 0.25) is 0 Å². The number of hydrogen-bond donors (Lipinski definition) is 1. The number of carboxylic acid groups (broad SMARTS) is 1. The Labute approximate surface area is 95.0 Å². The summed E-state index contributed by atoms with van der Waals surface area (Å²) in [5.41, 5.74) is 2.69. The van der Waals surface area contributed by atoms with Crippen LogP contribution >= 0.6 is 0 Å². The van der Waals surface area contributed by atoms with Gasteiger partial charge in [0.2, 0.25) is 0 Å². The van der Waals surface area contributed by atoms with Crippen molar-refractivity contribution in [1.82, 2.24) is 0 Å². The molecule has 16 heavy (non-hydrogen) atoms. The average molecular weight is 220 g/mol. The summed E-state index contributed by atoms with van der Waals surface area (Å²) in [6.07, 6.45) is 4.28. The van der Waals surface area contributed by atoms with Gasteiger partial charge in [-0.1, -0.05) is 0 Å². The fourth-order valence-electron chi connectivity index (χ4n) is 2.23. The molecule has 1 aromatic rings. The van der Waals surface area contributed by atoms with Crippen LogP contribution in [0.1, 0.15) is 41.3 Å². The molecule has 0 amide bonds. The van der Waals surface area contributed by atoms with Crippen molar-refractivity contribution in [2.45, 2.75) is 32.6 Å². The van der Waals surface area contributed by atoms with Gasteiger partial charge in [0.25, 0.3) is 0 Å². The van der Waals surface area contributed by atoms with Crippen LogP contribution in [0, 0.1) is 0 Å². The van der Waals surface area contributed by atoms with E-state index < -0.39 is 5.97 Å². The number of benzene rings is 1. The molecular formula is C13H16O3. The zero-order chi connectivity index (χ0) is 11.5. The molecule has 2 rings (SSSR count). The highest BCUT2D eigenvalue weighted by Crippen LogP contribution is 2.31. The Morgan fingerprint density at radius 3 is 2.81 bits per heavy atom. The van der Waals surface area contributed by atoms with E-state index in [1.54, 1.807) is 12.1 Å². The van der Waals surface area contributed by atoms with Crippen LogP contribution in [-0.2, 0) is 12.8 Å². The second kappa shape index (κ2) is 4.56. The van der Waals surface area contributed by atoms with E-state index in [4.69, 9.17) is 9.84 Å². The first-order valence-corrected chi connectivity index (χ1v) is 5.74. The van der Waals surface area contributed by atoms with Crippen molar-refractivity contribution in [3.05, 3.63) is 28.8 Å². The smallest absolute Gasteiger partial charge is 0.335 e. The van der Waals surface area contributed by atoms with Gasteiger partial charge in [-0.2, -0.15) is 0 Å². The Hall–Kier alpha value is -1.51. The Kier molecular flexibility index (Phi) is 3.13. The van der Waals surface area contributed by atoms with Crippen molar-refractivity contribution in [1.29, 1.82) is 0 Å². The average Bonchev–Trinajstić information content (AvgIpc) is 2.29. The number of carboxylic acids is 1. The zero-order valence-electron chi connectivity index (χ0n) is 9.45. The maximum Gasteiger partial charge on any atom is 0.335 e. The molecule has 3 nitrogen and oxygen atoms in total.